The Balaban J connectivity index is 1.97. The number of hydrogen-bond acceptors (Lipinski definition) is 2. The van der Waals surface area contributed by atoms with Gasteiger partial charge in [0.1, 0.15) is 5.82 Å². The number of aromatic nitrogens is 2. The van der Waals surface area contributed by atoms with E-state index in [-0.39, 0.29) is 5.69 Å². The van der Waals surface area contributed by atoms with Crippen LogP contribution in [0.4, 0.5) is 0 Å². The van der Waals surface area contributed by atoms with Gasteiger partial charge in [-0.15, -0.1) is 0 Å². The van der Waals surface area contributed by atoms with E-state index in [9.17, 15) is 9.90 Å². The lowest BCUT2D eigenvalue weighted by atomic mass is 9.90. The van der Waals surface area contributed by atoms with Crippen LogP contribution in [0.15, 0.2) is 28.7 Å². The molecule has 1 unspecified atom stereocenters. The molecule has 0 saturated heterocycles. The van der Waals surface area contributed by atoms with E-state index < -0.39 is 5.97 Å². The Morgan fingerprint density at radius 2 is 2.20 bits per heavy atom. The third kappa shape index (κ3) is 2.16. The van der Waals surface area contributed by atoms with E-state index in [2.05, 4.69) is 31.5 Å². The van der Waals surface area contributed by atoms with Crippen molar-refractivity contribution >= 4 is 21.9 Å². The molecule has 0 radical (unpaired) electrons. The number of halogens is 1. The Hall–Kier alpha value is -1.62. The van der Waals surface area contributed by atoms with Crippen LogP contribution in [0, 0.1) is 6.92 Å². The molecular formula is C15H15BrN2O2. The number of nitrogens with zero attached hydrogens (tertiary/aromatic N) is 2. The molecule has 1 aromatic heterocycles. The smallest absolute Gasteiger partial charge is 0.356 e. The third-order valence-corrected chi connectivity index (χ3v) is 4.67. The summed E-state index contributed by atoms with van der Waals surface area (Å²) in [4.78, 5) is 15.4. The summed E-state index contributed by atoms with van der Waals surface area (Å²) in [6, 6.07) is 8.23. The number of benzene rings is 1. The van der Waals surface area contributed by atoms with Gasteiger partial charge < -0.3 is 9.67 Å². The van der Waals surface area contributed by atoms with Crippen molar-refractivity contribution in [1.29, 1.82) is 0 Å². The van der Waals surface area contributed by atoms with Gasteiger partial charge in [0.05, 0.1) is 5.69 Å². The van der Waals surface area contributed by atoms with Gasteiger partial charge in [0.2, 0.25) is 0 Å². The summed E-state index contributed by atoms with van der Waals surface area (Å²) in [6.45, 7) is 2.67. The van der Waals surface area contributed by atoms with Crippen LogP contribution in [-0.2, 0) is 13.0 Å². The molecule has 20 heavy (non-hydrogen) atoms. The molecule has 0 amide bonds. The van der Waals surface area contributed by atoms with E-state index in [0.29, 0.717) is 5.92 Å². The van der Waals surface area contributed by atoms with E-state index in [1.165, 1.54) is 5.56 Å². The number of carboxylic acid groups (broad SMARTS) is 1. The summed E-state index contributed by atoms with van der Waals surface area (Å²) in [5.74, 6) is 0.253. The monoisotopic (exact) mass is 334 g/mol. The predicted octanol–water partition coefficient (Wildman–Crippen LogP) is 3.38. The minimum Gasteiger partial charge on any atom is -0.476 e. The Labute approximate surface area is 125 Å². The summed E-state index contributed by atoms with van der Waals surface area (Å²) in [5.41, 5.74) is 2.36. The van der Waals surface area contributed by atoms with Crippen molar-refractivity contribution in [3.8, 4) is 0 Å². The topological polar surface area (TPSA) is 55.1 Å². The van der Waals surface area contributed by atoms with Crippen molar-refractivity contribution in [2.45, 2.75) is 32.2 Å². The van der Waals surface area contributed by atoms with Gasteiger partial charge in [-0.3, -0.25) is 0 Å². The summed E-state index contributed by atoms with van der Waals surface area (Å²) >= 11 is 3.60. The largest absolute Gasteiger partial charge is 0.476 e. The van der Waals surface area contributed by atoms with Crippen LogP contribution in [0.5, 0.6) is 0 Å². The number of imidazole rings is 1. The highest BCUT2D eigenvalue weighted by Gasteiger charge is 2.28. The van der Waals surface area contributed by atoms with Gasteiger partial charge in [0.15, 0.2) is 5.69 Å². The van der Waals surface area contributed by atoms with Crippen molar-refractivity contribution in [2.75, 3.05) is 0 Å². The fraction of sp³-hybridized carbons (Fsp3) is 0.333. The first-order chi connectivity index (χ1) is 9.58. The zero-order valence-electron chi connectivity index (χ0n) is 11.1. The quantitative estimate of drug-likeness (QED) is 0.915. The van der Waals surface area contributed by atoms with E-state index in [0.717, 1.165) is 35.4 Å². The number of rotatable bonds is 2. The van der Waals surface area contributed by atoms with Crippen molar-refractivity contribution in [1.82, 2.24) is 9.55 Å². The van der Waals surface area contributed by atoms with Crippen LogP contribution in [0.3, 0.4) is 0 Å². The second-order valence-corrected chi connectivity index (χ2v) is 5.98. The van der Waals surface area contributed by atoms with Gasteiger partial charge in [0.25, 0.3) is 0 Å². The first-order valence-corrected chi connectivity index (χ1v) is 7.41. The summed E-state index contributed by atoms with van der Waals surface area (Å²) < 4.78 is 3.17. The molecule has 1 atom stereocenters. The van der Waals surface area contributed by atoms with Crippen molar-refractivity contribution in [2.24, 2.45) is 0 Å². The van der Waals surface area contributed by atoms with Crippen LogP contribution in [0.25, 0.3) is 0 Å². The Morgan fingerprint density at radius 3 is 2.90 bits per heavy atom. The zero-order valence-corrected chi connectivity index (χ0v) is 12.7. The zero-order chi connectivity index (χ0) is 14.3. The molecule has 2 heterocycles. The molecule has 4 nitrogen and oxygen atoms in total. The molecule has 1 aromatic carbocycles. The van der Waals surface area contributed by atoms with Crippen molar-refractivity contribution < 1.29 is 9.90 Å². The molecule has 104 valence electrons. The minimum absolute atomic E-state index is 0.216. The fourth-order valence-electron chi connectivity index (χ4n) is 2.96. The maximum absolute atomic E-state index is 11.2. The lowest BCUT2D eigenvalue weighted by Crippen LogP contribution is -2.21. The molecule has 1 aliphatic heterocycles. The molecule has 0 spiro atoms. The number of aryl methyl sites for hydroxylation is 1. The molecule has 3 rings (SSSR count). The second-order valence-electron chi connectivity index (χ2n) is 5.13. The van der Waals surface area contributed by atoms with Crippen LogP contribution in [-0.4, -0.2) is 20.6 Å². The minimum atomic E-state index is -0.929. The lowest BCUT2D eigenvalue weighted by molar-refractivity contribution is 0.0689. The average molecular weight is 335 g/mol. The SMILES string of the molecule is Cc1nc(C(=O)O)c2n1CC(c1ccccc1Br)CC2. The number of fused-ring (bicyclic) bond motifs is 1. The highest BCUT2D eigenvalue weighted by Crippen LogP contribution is 2.34. The molecular weight excluding hydrogens is 320 g/mol. The van der Waals surface area contributed by atoms with Gasteiger partial charge in [-0.2, -0.15) is 0 Å². The van der Waals surface area contributed by atoms with Crippen molar-refractivity contribution in [3.63, 3.8) is 0 Å². The molecule has 1 aliphatic rings. The molecule has 0 aliphatic carbocycles. The first kappa shape index (κ1) is 13.4. The van der Waals surface area contributed by atoms with Crippen LogP contribution in [0.2, 0.25) is 0 Å². The van der Waals surface area contributed by atoms with Crippen molar-refractivity contribution in [3.05, 3.63) is 51.5 Å². The Kier molecular flexibility index (Phi) is 3.38. The molecule has 0 bridgehead atoms. The molecule has 2 aromatic rings. The van der Waals surface area contributed by atoms with Crippen LogP contribution < -0.4 is 0 Å². The van der Waals surface area contributed by atoms with Gasteiger partial charge in [-0.1, -0.05) is 34.1 Å². The van der Waals surface area contributed by atoms with Gasteiger partial charge in [-0.25, -0.2) is 9.78 Å². The fourth-order valence-corrected chi connectivity index (χ4v) is 3.57. The first-order valence-electron chi connectivity index (χ1n) is 6.61. The molecule has 0 saturated carbocycles. The predicted molar refractivity (Wildman–Crippen MR) is 79.1 cm³/mol. The maximum Gasteiger partial charge on any atom is 0.356 e. The Bertz CT molecular complexity index is 679. The maximum atomic E-state index is 11.2. The summed E-state index contributed by atoms with van der Waals surface area (Å²) in [6.07, 6.45) is 1.71. The van der Waals surface area contributed by atoms with Crippen LogP contribution >= 0.6 is 15.9 Å². The summed E-state index contributed by atoms with van der Waals surface area (Å²) in [5, 5.41) is 9.20. The van der Waals surface area contributed by atoms with Gasteiger partial charge in [-0.05, 0) is 31.4 Å². The van der Waals surface area contributed by atoms with E-state index in [4.69, 9.17) is 0 Å². The number of aromatic carboxylic acids is 1. The lowest BCUT2D eigenvalue weighted by Gasteiger charge is -2.26. The molecule has 5 heteroatoms. The number of carboxylic acids is 1. The van der Waals surface area contributed by atoms with E-state index in [1.54, 1.807) is 0 Å². The third-order valence-electron chi connectivity index (χ3n) is 3.94. The van der Waals surface area contributed by atoms with Crippen LogP contribution in [0.1, 0.15) is 39.9 Å². The standard InChI is InChI=1S/C15H15BrN2O2/c1-9-17-14(15(19)20)13-7-6-10(8-18(9)13)11-4-2-3-5-12(11)16/h2-5,10H,6-8H2,1H3,(H,19,20). The Morgan fingerprint density at radius 1 is 1.45 bits per heavy atom. The highest BCUT2D eigenvalue weighted by molar-refractivity contribution is 9.10. The molecule has 1 N–H and O–H groups in total. The average Bonchev–Trinajstić information content (AvgIpc) is 2.76. The number of hydrogen-bond donors (Lipinski definition) is 1. The van der Waals surface area contributed by atoms with Gasteiger partial charge >= 0.3 is 5.97 Å². The normalized spacial score (nSPS) is 17.8. The number of carbonyl (C=O) groups is 1. The van der Waals surface area contributed by atoms with E-state index >= 15 is 0 Å². The highest BCUT2D eigenvalue weighted by atomic mass is 79.9. The van der Waals surface area contributed by atoms with Gasteiger partial charge in [0, 0.05) is 16.9 Å². The summed E-state index contributed by atoms with van der Waals surface area (Å²) in [7, 11) is 0. The molecule has 0 fully saturated rings. The second kappa shape index (κ2) is 5.05. The van der Waals surface area contributed by atoms with E-state index in [1.807, 2.05) is 25.1 Å².